The van der Waals surface area contributed by atoms with Gasteiger partial charge >= 0.3 is 0 Å². The average molecular weight is 366 g/mol. The van der Waals surface area contributed by atoms with Gasteiger partial charge in [-0.3, -0.25) is 4.79 Å². The minimum atomic E-state index is -0.133. The maximum Gasteiger partial charge on any atom is 0.283 e. The van der Waals surface area contributed by atoms with E-state index in [1.807, 2.05) is 36.4 Å². The van der Waals surface area contributed by atoms with E-state index in [1.54, 1.807) is 7.11 Å². The highest BCUT2D eigenvalue weighted by molar-refractivity contribution is 5.82. The van der Waals surface area contributed by atoms with E-state index in [1.165, 1.54) is 4.90 Å². The number of para-hydroxylation sites is 2. The van der Waals surface area contributed by atoms with Gasteiger partial charge in [0.2, 0.25) is 0 Å². The smallest absolute Gasteiger partial charge is 0.283 e. The third kappa shape index (κ3) is 4.08. The standard InChI is InChI=1S/C22H27N3O2/c1-27-20-10-6-5-9-19(20)24-13-15-25(16-14-24)21(17-7-3-2-4-8-17)22(26)23-18-11-12-18/h2-10,18,21H,11-16H2,1H3,(H,23,26)/p+1/t21-/m0/s1. The summed E-state index contributed by atoms with van der Waals surface area (Å²) in [5, 5.41) is 3.22. The molecule has 2 N–H and O–H groups in total. The molecular weight excluding hydrogens is 338 g/mol. The van der Waals surface area contributed by atoms with E-state index in [2.05, 4.69) is 28.4 Å². The summed E-state index contributed by atoms with van der Waals surface area (Å²) < 4.78 is 5.52. The second-order valence-electron chi connectivity index (χ2n) is 7.44. The fraction of sp³-hybridized carbons (Fsp3) is 0.409. The van der Waals surface area contributed by atoms with E-state index in [9.17, 15) is 4.79 Å². The number of hydrogen-bond acceptors (Lipinski definition) is 3. The first-order valence-electron chi connectivity index (χ1n) is 9.84. The van der Waals surface area contributed by atoms with Gasteiger partial charge in [-0.1, -0.05) is 42.5 Å². The van der Waals surface area contributed by atoms with Crippen LogP contribution in [0.4, 0.5) is 5.69 Å². The number of hydrogen-bond donors (Lipinski definition) is 2. The third-order valence-electron chi connectivity index (χ3n) is 5.56. The highest BCUT2D eigenvalue weighted by Crippen LogP contribution is 2.27. The molecule has 27 heavy (non-hydrogen) atoms. The van der Waals surface area contributed by atoms with Crippen molar-refractivity contribution in [1.29, 1.82) is 0 Å². The Morgan fingerprint density at radius 2 is 1.74 bits per heavy atom. The van der Waals surface area contributed by atoms with Gasteiger partial charge in [-0.05, 0) is 25.0 Å². The largest absolute Gasteiger partial charge is 0.495 e. The summed E-state index contributed by atoms with van der Waals surface area (Å²) in [4.78, 5) is 16.7. The Hall–Kier alpha value is -2.53. The minimum absolute atomic E-state index is 0.133. The average Bonchev–Trinajstić information content (AvgIpc) is 3.53. The molecule has 1 aliphatic carbocycles. The summed E-state index contributed by atoms with van der Waals surface area (Å²) in [7, 11) is 1.72. The van der Waals surface area contributed by atoms with Crippen molar-refractivity contribution < 1.29 is 14.4 Å². The van der Waals surface area contributed by atoms with Crippen molar-refractivity contribution in [3.05, 3.63) is 60.2 Å². The van der Waals surface area contributed by atoms with Crippen LogP contribution < -0.4 is 19.9 Å². The van der Waals surface area contributed by atoms with Crippen molar-refractivity contribution in [2.75, 3.05) is 38.2 Å². The van der Waals surface area contributed by atoms with E-state index >= 15 is 0 Å². The van der Waals surface area contributed by atoms with E-state index < -0.39 is 0 Å². The molecule has 2 aliphatic rings. The Labute approximate surface area is 160 Å². The van der Waals surface area contributed by atoms with Gasteiger partial charge in [-0.2, -0.15) is 0 Å². The lowest BCUT2D eigenvalue weighted by molar-refractivity contribution is -0.922. The van der Waals surface area contributed by atoms with Crippen LogP contribution in [0.25, 0.3) is 0 Å². The number of benzene rings is 2. The molecule has 0 radical (unpaired) electrons. The fourth-order valence-corrected chi connectivity index (χ4v) is 3.94. The Kier molecular flexibility index (Phi) is 5.30. The van der Waals surface area contributed by atoms with E-state index in [0.717, 1.165) is 56.0 Å². The quantitative estimate of drug-likeness (QED) is 0.813. The summed E-state index contributed by atoms with van der Waals surface area (Å²) >= 11 is 0. The number of nitrogens with zero attached hydrogens (tertiary/aromatic N) is 1. The zero-order valence-corrected chi connectivity index (χ0v) is 15.9. The molecule has 5 nitrogen and oxygen atoms in total. The molecule has 1 aliphatic heterocycles. The second kappa shape index (κ2) is 8.01. The number of carbonyl (C=O) groups is 1. The van der Waals surface area contributed by atoms with Gasteiger partial charge in [0.25, 0.3) is 5.91 Å². The molecule has 1 saturated carbocycles. The van der Waals surface area contributed by atoms with Gasteiger partial charge in [-0.25, -0.2) is 0 Å². The van der Waals surface area contributed by atoms with Gasteiger partial charge in [0.1, 0.15) is 5.75 Å². The number of rotatable bonds is 6. The van der Waals surface area contributed by atoms with Gasteiger partial charge in [-0.15, -0.1) is 0 Å². The number of carbonyl (C=O) groups excluding carboxylic acids is 1. The van der Waals surface area contributed by atoms with Crippen molar-refractivity contribution in [2.24, 2.45) is 0 Å². The van der Waals surface area contributed by atoms with Gasteiger partial charge < -0.3 is 19.9 Å². The lowest BCUT2D eigenvalue weighted by Gasteiger charge is -2.37. The van der Waals surface area contributed by atoms with Crippen LogP contribution in [0.15, 0.2) is 54.6 Å². The molecular formula is C22H28N3O2+. The lowest BCUT2D eigenvalue weighted by atomic mass is 10.0. The molecule has 142 valence electrons. The van der Waals surface area contributed by atoms with Crippen LogP contribution in [0.3, 0.4) is 0 Å². The minimum Gasteiger partial charge on any atom is -0.495 e. The third-order valence-corrected chi connectivity index (χ3v) is 5.56. The van der Waals surface area contributed by atoms with E-state index in [-0.39, 0.29) is 11.9 Å². The molecule has 0 spiro atoms. The molecule has 1 saturated heterocycles. The predicted molar refractivity (Wildman–Crippen MR) is 106 cm³/mol. The summed E-state index contributed by atoms with van der Waals surface area (Å²) in [6, 6.07) is 18.6. The van der Waals surface area contributed by atoms with Gasteiger partial charge in [0.15, 0.2) is 6.04 Å². The van der Waals surface area contributed by atoms with Crippen molar-refractivity contribution in [2.45, 2.75) is 24.9 Å². The van der Waals surface area contributed by atoms with Crippen LogP contribution in [-0.4, -0.2) is 45.2 Å². The Bertz CT molecular complexity index is 768. The maximum atomic E-state index is 13.0. The first-order valence-corrected chi connectivity index (χ1v) is 9.84. The van der Waals surface area contributed by atoms with Crippen molar-refractivity contribution >= 4 is 11.6 Å². The van der Waals surface area contributed by atoms with E-state index in [0.29, 0.717) is 6.04 Å². The molecule has 0 unspecified atom stereocenters. The van der Waals surface area contributed by atoms with Crippen molar-refractivity contribution in [3.8, 4) is 5.75 Å². The Balaban J connectivity index is 1.48. The number of amides is 1. The topological polar surface area (TPSA) is 46.0 Å². The molecule has 5 heteroatoms. The number of piperazine rings is 1. The molecule has 1 amide bonds. The van der Waals surface area contributed by atoms with Crippen LogP contribution >= 0.6 is 0 Å². The number of methoxy groups -OCH3 is 1. The molecule has 1 heterocycles. The first-order chi connectivity index (χ1) is 13.3. The summed E-state index contributed by atoms with van der Waals surface area (Å²) in [6.07, 6.45) is 2.23. The predicted octanol–water partition coefficient (Wildman–Crippen LogP) is 1.42. The molecule has 1 atom stereocenters. The highest BCUT2D eigenvalue weighted by atomic mass is 16.5. The molecule has 0 aromatic heterocycles. The zero-order chi connectivity index (χ0) is 18.6. The van der Waals surface area contributed by atoms with Crippen LogP contribution in [0.1, 0.15) is 24.4 Å². The zero-order valence-electron chi connectivity index (χ0n) is 15.9. The number of nitrogens with one attached hydrogen (secondary N) is 2. The second-order valence-corrected chi connectivity index (χ2v) is 7.44. The molecule has 2 aromatic carbocycles. The number of ether oxygens (including phenoxy) is 1. The number of quaternary nitrogens is 1. The summed E-state index contributed by atoms with van der Waals surface area (Å²) in [5.74, 6) is 1.08. The highest BCUT2D eigenvalue weighted by Gasteiger charge is 2.37. The van der Waals surface area contributed by atoms with Crippen LogP contribution in [0, 0.1) is 0 Å². The maximum absolute atomic E-state index is 13.0. The van der Waals surface area contributed by atoms with Crippen LogP contribution in [0.2, 0.25) is 0 Å². The van der Waals surface area contributed by atoms with Crippen molar-refractivity contribution in [1.82, 2.24) is 5.32 Å². The van der Waals surface area contributed by atoms with E-state index in [4.69, 9.17) is 4.74 Å². The monoisotopic (exact) mass is 366 g/mol. The SMILES string of the molecule is COc1ccccc1N1CC[NH+]([C@H](C(=O)NC2CC2)c2ccccc2)CC1. The Morgan fingerprint density at radius 3 is 2.41 bits per heavy atom. The molecule has 4 rings (SSSR count). The van der Waals surface area contributed by atoms with Crippen molar-refractivity contribution in [3.63, 3.8) is 0 Å². The van der Waals surface area contributed by atoms with Crippen LogP contribution in [0.5, 0.6) is 5.75 Å². The van der Waals surface area contributed by atoms with Gasteiger partial charge in [0.05, 0.1) is 39.0 Å². The fourth-order valence-electron chi connectivity index (χ4n) is 3.94. The molecule has 0 bridgehead atoms. The number of anilines is 1. The molecule has 2 aromatic rings. The Morgan fingerprint density at radius 1 is 1.07 bits per heavy atom. The lowest BCUT2D eigenvalue weighted by Crippen LogP contribution is -3.16. The normalized spacial score (nSPS) is 18.8. The molecule has 2 fully saturated rings. The van der Waals surface area contributed by atoms with Gasteiger partial charge in [0, 0.05) is 11.6 Å². The summed E-state index contributed by atoms with van der Waals surface area (Å²) in [6.45, 7) is 3.68. The summed E-state index contributed by atoms with van der Waals surface area (Å²) in [5.41, 5.74) is 2.24. The first kappa shape index (κ1) is 17.9. The van der Waals surface area contributed by atoms with Crippen LogP contribution in [-0.2, 0) is 4.79 Å².